The number of amides is 2. The lowest BCUT2D eigenvalue weighted by molar-refractivity contribution is -0.127. The zero-order valence-electron chi connectivity index (χ0n) is 20.3. The van der Waals surface area contributed by atoms with Gasteiger partial charge in [0.2, 0.25) is 15.9 Å². The number of nitrogens with zero attached hydrogens (tertiary/aromatic N) is 2. The maximum absolute atomic E-state index is 13.5. The van der Waals surface area contributed by atoms with Crippen LogP contribution in [-0.4, -0.2) is 55.1 Å². The van der Waals surface area contributed by atoms with Gasteiger partial charge < -0.3 is 10.2 Å². The van der Waals surface area contributed by atoms with Crippen LogP contribution in [-0.2, 0) is 21.4 Å². The molecule has 1 saturated heterocycles. The van der Waals surface area contributed by atoms with E-state index < -0.39 is 16.1 Å². The smallest absolute Gasteiger partial charge is 0.264 e. The van der Waals surface area contributed by atoms with Crippen LogP contribution in [0.2, 0.25) is 0 Å². The van der Waals surface area contributed by atoms with E-state index in [4.69, 9.17) is 0 Å². The van der Waals surface area contributed by atoms with E-state index >= 15 is 0 Å². The summed E-state index contributed by atoms with van der Waals surface area (Å²) in [5.74, 6) is -0.657. The van der Waals surface area contributed by atoms with Crippen LogP contribution >= 0.6 is 11.3 Å². The molecule has 0 saturated carbocycles. The molecular weight excluding hydrogens is 506 g/mol. The summed E-state index contributed by atoms with van der Waals surface area (Å²) >= 11 is 1.30. The predicted octanol–water partition coefficient (Wildman–Crippen LogP) is 4.04. The second-order valence-corrected chi connectivity index (χ2v) is 12.0. The van der Waals surface area contributed by atoms with Gasteiger partial charge in [0.15, 0.2) is 0 Å². The Morgan fingerprint density at radius 1 is 0.946 bits per heavy atom. The lowest BCUT2D eigenvalue weighted by atomic mass is 10.1. The highest BCUT2D eigenvalue weighted by Gasteiger charge is 2.40. The molecule has 7 nitrogen and oxygen atoms in total. The molecular formula is C28H27N3O4S2. The number of hydrogen-bond acceptors (Lipinski definition) is 5. The van der Waals surface area contributed by atoms with Crippen LogP contribution in [0.15, 0.2) is 89.1 Å². The van der Waals surface area contributed by atoms with Gasteiger partial charge in [-0.3, -0.25) is 9.59 Å². The first kappa shape index (κ1) is 25.1. The van der Waals surface area contributed by atoms with Gasteiger partial charge in [-0.1, -0.05) is 54.6 Å². The first-order valence-corrected chi connectivity index (χ1v) is 14.3. The van der Waals surface area contributed by atoms with Gasteiger partial charge in [0.05, 0.1) is 9.77 Å². The van der Waals surface area contributed by atoms with E-state index in [1.54, 1.807) is 35.7 Å². The fourth-order valence-corrected chi connectivity index (χ4v) is 6.79. The molecule has 1 fully saturated rings. The summed E-state index contributed by atoms with van der Waals surface area (Å²) in [5, 5.41) is 6.91. The van der Waals surface area contributed by atoms with E-state index in [-0.39, 0.29) is 42.9 Å². The zero-order valence-corrected chi connectivity index (χ0v) is 22.0. The first-order valence-electron chi connectivity index (χ1n) is 12.0. The molecule has 1 aliphatic rings. The summed E-state index contributed by atoms with van der Waals surface area (Å²) in [5.41, 5.74) is 1.75. The number of aryl methyl sites for hydroxylation is 1. The number of hydrogen-bond donors (Lipinski definition) is 1. The summed E-state index contributed by atoms with van der Waals surface area (Å²) in [6.45, 7) is 2.22. The highest BCUT2D eigenvalue weighted by Crippen LogP contribution is 2.24. The number of fused-ring (bicyclic) bond motifs is 1. The number of sulfonamides is 1. The quantitative estimate of drug-likeness (QED) is 0.405. The number of piperazine rings is 1. The summed E-state index contributed by atoms with van der Waals surface area (Å²) in [6.07, 6.45) is 0. The average molecular weight is 534 g/mol. The van der Waals surface area contributed by atoms with Gasteiger partial charge in [0.25, 0.3) is 5.91 Å². The Balaban J connectivity index is 1.38. The molecule has 1 aliphatic heterocycles. The lowest BCUT2D eigenvalue weighted by Gasteiger charge is -2.39. The predicted molar refractivity (Wildman–Crippen MR) is 145 cm³/mol. The van der Waals surface area contributed by atoms with Crippen molar-refractivity contribution in [2.45, 2.75) is 24.4 Å². The Bertz CT molecular complexity index is 1550. The van der Waals surface area contributed by atoms with Crippen molar-refractivity contribution in [3.05, 3.63) is 100 Å². The zero-order chi connectivity index (χ0) is 26.0. The average Bonchev–Trinajstić information content (AvgIpc) is 3.46. The molecule has 0 bridgehead atoms. The van der Waals surface area contributed by atoms with Crippen LogP contribution in [0.1, 0.15) is 20.8 Å². The van der Waals surface area contributed by atoms with Gasteiger partial charge in [-0.05, 0) is 58.5 Å². The summed E-state index contributed by atoms with van der Waals surface area (Å²) < 4.78 is 28.1. The van der Waals surface area contributed by atoms with E-state index in [1.807, 2.05) is 55.5 Å². The van der Waals surface area contributed by atoms with Crippen LogP contribution in [0.25, 0.3) is 10.8 Å². The Labute approximate surface area is 220 Å². The van der Waals surface area contributed by atoms with Crippen LogP contribution in [0.4, 0.5) is 0 Å². The van der Waals surface area contributed by atoms with Crippen LogP contribution in [0.5, 0.6) is 0 Å². The number of nitrogens with one attached hydrogen (secondary N) is 1. The molecule has 0 spiro atoms. The normalized spacial score (nSPS) is 16.6. The van der Waals surface area contributed by atoms with Crippen molar-refractivity contribution < 1.29 is 18.0 Å². The second-order valence-electron chi connectivity index (χ2n) is 9.07. The van der Waals surface area contributed by atoms with Crippen LogP contribution in [0.3, 0.4) is 0 Å². The monoisotopic (exact) mass is 533 g/mol. The molecule has 1 aromatic heterocycles. The van der Waals surface area contributed by atoms with E-state index in [0.29, 0.717) is 4.88 Å². The Morgan fingerprint density at radius 2 is 1.76 bits per heavy atom. The van der Waals surface area contributed by atoms with E-state index in [1.165, 1.54) is 20.5 Å². The maximum atomic E-state index is 13.5. The molecule has 1 unspecified atom stereocenters. The second kappa shape index (κ2) is 10.5. The van der Waals surface area contributed by atoms with E-state index in [2.05, 4.69) is 5.32 Å². The molecule has 3 aromatic carbocycles. The van der Waals surface area contributed by atoms with Crippen molar-refractivity contribution in [1.82, 2.24) is 14.5 Å². The van der Waals surface area contributed by atoms with E-state index in [9.17, 15) is 18.0 Å². The molecule has 2 heterocycles. The number of thiophene rings is 1. The highest BCUT2D eigenvalue weighted by molar-refractivity contribution is 7.89. The minimum absolute atomic E-state index is 0.113. The molecule has 9 heteroatoms. The molecule has 0 aliphatic carbocycles. The standard InChI is InChI=1S/C28H27N3O4S2/c1-20-6-4-9-24(16-20)37(34,35)30-13-14-31(28(33)26-10-5-15-36-26)25(19-30)27(32)29-18-21-11-12-22-7-2-3-8-23(22)17-21/h2-12,15-17,25H,13-14,18-19H2,1H3,(H,29,32). The maximum Gasteiger partial charge on any atom is 0.264 e. The SMILES string of the molecule is Cc1cccc(S(=O)(=O)N2CCN(C(=O)c3cccs3)C(C(=O)NCc3ccc4ccccc4c3)C2)c1. The molecule has 4 aromatic rings. The van der Waals surface area contributed by atoms with Gasteiger partial charge in [-0.15, -0.1) is 11.3 Å². The van der Waals surface area contributed by atoms with E-state index in [0.717, 1.165) is 21.9 Å². The van der Waals surface area contributed by atoms with Crippen molar-refractivity contribution >= 4 is 43.9 Å². The molecule has 1 atom stereocenters. The van der Waals surface area contributed by atoms with Gasteiger partial charge >= 0.3 is 0 Å². The largest absolute Gasteiger partial charge is 0.350 e. The molecule has 37 heavy (non-hydrogen) atoms. The summed E-state index contributed by atoms with van der Waals surface area (Å²) in [4.78, 5) is 28.9. The minimum atomic E-state index is -3.83. The van der Waals surface area contributed by atoms with Gasteiger partial charge in [0, 0.05) is 26.2 Å². The van der Waals surface area contributed by atoms with Crippen molar-refractivity contribution in [2.75, 3.05) is 19.6 Å². The minimum Gasteiger partial charge on any atom is -0.350 e. The van der Waals surface area contributed by atoms with Crippen molar-refractivity contribution in [1.29, 1.82) is 0 Å². The third kappa shape index (κ3) is 5.29. The van der Waals surface area contributed by atoms with Gasteiger partial charge in [-0.2, -0.15) is 4.31 Å². The van der Waals surface area contributed by atoms with Crippen LogP contribution in [0, 0.1) is 6.92 Å². The van der Waals surface area contributed by atoms with Gasteiger partial charge in [0.1, 0.15) is 6.04 Å². The number of rotatable bonds is 6. The topological polar surface area (TPSA) is 86.8 Å². The lowest BCUT2D eigenvalue weighted by Crippen LogP contribution is -2.61. The third-order valence-electron chi connectivity index (χ3n) is 6.55. The molecule has 5 rings (SSSR count). The number of benzene rings is 3. The number of carbonyl (C=O) groups excluding carboxylic acids is 2. The highest BCUT2D eigenvalue weighted by atomic mass is 32.2. The van der Waals surface area contributed by atoms with Crippen molar-refractivity contribution in [3.63, 3.8) is 0 Å². The fourth-order valence-electron chi connectivity index (χ4n) is 4.57. The summed E-state index contributed by atoms with van der Waals surface area (Å²) in [7, 11) is -3.83. The fraction of sp³-hybridized carbons (Fsp3) is 0.214. The molecule has 190 valence electrons. The molecule has 2 amide bonds. The molecule has 1 N–H and O–H groups in total. The van der Waals surface area contributed by atoms with Crippen molar-refractivity contribution in [3.8, 4) is 0 Å². The van der Waals surface area contributed by atoms with Crippen LogP contribution < -0.4 is 5.32 Å². The van der Waals surface area contributed by atoms with Gasteiger partial charge in [-0.25, -0.2) is 8.42 Å². The Kier molecular flexibility index (Phi) is 7.10. The van der Waals surface area contributed by atoms with Crippen molar-refractivity contribution in [2.24, 2.45) is 0 Å². The Morgan fingerprint density at radius 3 is 2.51 bits per heavy atom. The first-order chi connectivity index (χ1) is 17.8. The Hall–Kier alpha value is -3.53. The summed E-state index contributed by atoms with van der Waals surface area (Å²) in [6, 6.07) is 23.2. The number of carbonyl (C=O) groups is 2. The third-order valence-corrected chi connectivity index (χ3v) is 9.27. The molecule has 0 radical (unpaired) electrons.